The lowest BCUT2D eigenvalue weighted by atomic mass is 10.1. The second-order valence-electron chi connectivity index (χ2n) is 7.66. The number of carbonyl (C=O) groups is 3. The first kappa shape index (κ1) is 27.5. The normalized spacial score (nSPS) is 11.2. The lowest BCUT2D eigenvalue weighted by Gasteiger charge is -2.25. The monoisotopic (exact) mass is 417 g/mol. The number of carbonyl (C=O) groups excluding carboxylic acids is 3. The van der Waals surface area contributed by atoms with Crippen molar-refractivity contribution >= 4 is 17.7 Å². The van der Waals surface area contributed by atoms with Crippen molar-refractivity contribution in [2.75, 3.05) is 13.1 Å². The number of nitrogens with zero attached hydrogens (tertiary/aromatic N) is 1. The molecule has 0 saturated carbocycles. The van der Waals surface area contributed by atoms with Crippen LogP contribution in [0.25, 0.3) is 0 Å². The van der Waals surface area contributed by atoms with Gasteiger partial charge in [0.1, 0.15) is 6.04 Å². The molecule has 0 fully saturated rings. The first-order valence-electron chi connectivity index (χ1n) is 11.2. The van der Waals surface area contributed by atoms with Crippen LogP contribution in [0.5, 0.6) is 0 Å². The van der Waals surface area contributed by atoms with Gasteiger partial charge in [0.2, 0.25) is 17.7 Å². The maximum atomic E-state index is 12.7. The van der Waals surface area contributed by atoms with Crippen LogP contribution in [0.2, 0.25) is 0 Å². The highest BCUT2D eigenvalue weighted by Crippen LogP contribution is 2.11. The maximum absolute atomic E-state index is 12.7. The predicted octanol–water partition coefficient (Wildman–Crippen LogP) is 3.14. The zero-order chi connectivity index (χ0) is 22.6. The van der Waals surface area contributed by atoms with Gasteiger partial charge in [0.05, 0.1) is 13.1 Å². The lowest BCUT2D eigenvalue weighted by Crippen LogP contribution is -2.49. The van der Waals surface area contributed by atoms with Gasteiger partial charge in [-0.25, -0.2) is 0 Å². The van der Waals surface area contributed by atoms with Crippen LogP contribution in [0.3, 0.4) is 0 Å². The Hall–Kier alpha value is -2.47. The minimum absolute atomic E-state index is 0.00507. The smallest absolute Gasteiger partial charge is 0.246 e. The Labute approximate surface area is 182 Å². The van der Waals surface area contributed by atoms with Crippen LogP contribution in [0.1, 0.15) is 90.4 Å². The summed E-state index contributed by atoms with van der Waals surface area (Å²) in [5.74, 6) is 3.64. The van der Waals surface area contributed by atoms with Crippen molar-refractivity contribution in [3.05, 3.63) is 0 Å². The van der Waals surface area contributed by atoms with Crippen LogP contribution < -0.4 is 11.1 Å². The highest BCUT2D eigenvalue weighted by Gasteiger charge is 2.25. The summed E-state index contributed by atoms with van der Waals surface area (Å²) in [5, 5.41) is 2.73. The van der Waals surface area contributed by atoms with Gasteiger partial charge in [0.25, 0.3) is 0 Å². The molecule has 6 heteroatoms. The van der Waals surface area contributed by atoms with Crippen molar-refractivity contribution in [3.8, 4) is 24.7 Å². The SMILES string of the molecule is C#CCN(CC#C)C(=O)[C@@H](CCC(N)=O)NC(=O)CCCCCCCCCCCC. The Morgan fingerprint density at radius 1 is 0.867 bits per heavy atom. The van der Waals surface area contributed by atoms with Gasteiger partial charge in [-0.15, -0.1) is 12.8 Å². The Kier molecular flexibility index (Phi) is 17.0. The maximum Gasteiger partial charge on any atom is 0.246 e. The molecule has 0 aliphatic heterocycles. The lowest BCUT2D eigenvalue weighted by molar-refractivity contribution is -0.136. The molecule has 1 atom stereocenters. The zero-order valence-corrected chi connectivity index (χ0v) is 18.6. The highest BCUT2D eigenvalue weighted by atomic mass is 16.2. The van der Waals surface area contributed by atoms with Gasteiger partial charge in [-0.05, 0) is 12.8 Å². The first-order chi connectivity index (χ1) is 14.5. The number of hydrogen-bond donors (Lipinski definition) is 2. The number of amides is 3. The highest BCUT2D eigenvalue weighted by molar-refractivity contribution is 5.88. The third-order valence-electron chi connectivity index (χ3n) is 4.95. The van der Waals surface area contributed by atoms with E-state index in [-0.39, 0.29) is 37.7 Å². The Morgan fingerprint density at radius 3 is 1.83 bits per heavy atom. The largest absolute Gasteiger partial charge is 0.370 e. The van der Waals surface area contributed by atoms with Crippen LogP contribution in [0.4, 0.5) is 0 Å². The quantitative estimate of drug-likeness (QED) is 0.265. The molecule has 0 rings (SSSR count). The minimum atomic E-state index is -0.852. The summed E-state index contributed by atoms with van der Waals surface area (Å²) in [6.45, 7) is 2.31. The van der Waals surface area contributed by atoms with Crippen LogP contribution in [-0.2, 0) is 14.4 Å². The van der Waals surface area contributed by atoms with E-state index in [9.17, 15) is 14.4 Å². The van der Waals surface area contributed by atoms with E-state index in [4.69, 9.17) is 18.6 Å². The molecule has 0 unspecified atom stereocenters. The van der Waals surface area contributed by atoms with Crippen LogP contribution >= 0.6 is 0 Å². The number of hydrogen-bond acceptors (Lipinski definition) is 3. The first-order valence-corrected chi connectivity index (χ1v) is 11.2. The second kappa shape index (κ2) is 18.6. The molecule has 3 N–H and O–H groups in total. The van der Waals surface area contributed by atoms with E-state index in [0.29, 0.717) is 6.42 Å². The number of rotatable bonds is 18. The molecule has 0 aromatic heterocycles. The van der Waals surface area contributed by atoms with Crippen molar-refractivity contribution < 1.29 is 14.4 Å². The van der Waals surface area contributed by atoms with E-state index in [1.54, 1.807) is 0 Å². The predicted molar refractivity (Wildman–Crippen MR) is 121 cm³/mol. The fourth-order valence-electron chi connectivity index (χ4n) is 3.24. The number of terminal acetylenes is 2. The molecule has 3 amide bonds. The van der Waals surface area contributed by atoms with Crippen molar-refractivity contribution in [1.29, 1.82) is 0 Å². The fourth-order valence-corrected chi connectivity index (χ4v) is 3.24. The molecular formula is C24H39N3O3. The van der Waals surface area contributed by atoms with Crippen molar-refractivity contribution in [3.63, 3.8) is 0 Å². The van der Waals surface area contributed by atoms with E-state index in [1.807, 2.05) is 0 Å². The molecular weight excluding hydrogens is 378 g/mol. The summed E-state index contributed by atoms with van der Waals surface area (Å²) in [6, 6.07) is -0.852. The van der Waals surface area contributed by atoms with Gasteiger partial charge in [0, 0.05) is 12.8 Å². The number of primary amides is 1. The zero-order valence-electron chi connectivity index (χ0n) is 18.6. The van der Waals surface area contributed by atoms with Gasteiger partial charge < -0.3 is 16.0 Å². The summed E-state index contributed by atoms with van der Waals surface area (Å²) in [6.07, 6.45) is 22.9. The summed E-state index contributed by atoms with van der Waals surface area (Å²) < 4.78 is 0. The van der Waals surface area contributed by atoms with E-state index in [0.717, 1.165) is 19.3 Å². The summed E-state index contributed by atoms with van der Waals surface area (Å²) >= 11 is 0. The van der Waals surface area contributed by atoms with Crippen molar-refractivity contribution in [2.45, 2.75) is 96.4 Å². The average molecular weight is 418 g/mol. The summed E-state index contributed by atoms with van der Waals surface area (Å²) in [7, 11) is 0. The van der Waals surface area contributed by atoms with E-state index >= 15 is 0 Å². The third kappa shape index (κ3) is 14.5. The van der Waals surface area contributed by atoms with Crippen molar-refractivity contribution in [1.82, 2.24) is 10.2 Å². The van der Waals surface area contributed by atoms with Gasteiger partial charge >= 0.3 is 0 Å². The molecule has 30 heavy (non-hydrogen) atoms. The molecule has 0 heterocycles. The molecule has 6 nitrogen and oxygen atoms in total. The van der Waals surface area contributed by atoms with Gasteiger partial charge in [-0.1, -0.05) is 76.6 Å². The number of nitrogens with one attached hydrogen (secondary N) is 1. The fraction of sp³-hybridized carbons (Fsp3) is 0.708. The molecule has 0 saturated heterocycles. The van der Waals surface area contributed by atoms with Crippen LogP contribution in [0, 0.1) is 24.7 Å². The van der Waals surface area contributed by atoms with Gasteiger partial charge in [-0.3, -0.25) is 14.4 Å². The van der Waals surface area contributed by atoms with Crippen molar-refractivity contribution in [2.24, 2.45) is 5.73 Å². The Morgan fingerprint density at radius 2 is 1.37 bits per heavy atom. The molecule has 0 bridgehead atoms. The van der Waals surface area contributed by atoms with Gasteiger partial charge in [-0.2, -0.15) is 0 Å². The molecule has 168 valence electrons. The van der Waals surface area contributed by atoms with Crippen LogP contribution in [0.15, 0.2) is 0 Å². The second-order valence-corrected chi connectivity index (χ2v) is 7.66. The molecule has 0 aromatic rings. The third-order valence-corrected chi connectivity index (χ3v) is 4.95. The molecule has 0 radical (unpaired) electrons. The molecule has 0 spiro atoms. The molecule has 0 aliphatic rings. The van der Waals surface area contributed by atoms with Gasteiger partial charge in [0.15, 0.2) is 0 Å². The standard InChI is InChI=1S/C24H39N3O3/c1-4-7-8-9-10-11-12-13-14-15-16-23(29)26-21(17-18-22(25)28)24(30)27(19-5-2)20-6-3/h2-3,21H,4,7-20H2,1H3,(H2,25,28)(H,26,29)/t21-/m1/s1. The molecule has 0 aliphatic carbocycles. The Balaban J connectivity index is 4.32. The van der Waals surface area contributed by atoms with Crippen LogP contribution in [-0.4, -0.2) is 41.8 Å². The Bertz CT molecular complexity index is 573. The van der Waals surface area contributed by atoms with E-state index in [2.05, 4.69) is 24.1 Å². The minimum Gasteiger partial charge on any atom is -0.370 e. The summed E-state index contributed by atoms with van der Waals surface area (Å²) in [5.41, 5.74) is 5.20. The van der Waals surface area contributed by atoms with E-state index < -0.39 is 11.9 Å². The number of unbranched alkanes of at least 4 members (excludes halogenated alkanes) is 9. The average Bonchev–Trinajstić information content (AvgIpc) is 2.71. The summed E-state index contributed by atoms with van der Waals surface area (Å²) in [4.78, 5) is 37.4. The topological polar surface area (TPSA) is 92.5 Å². The molecule has 0 aromatic carbocycles. The van der Waals surface area contributed by atoms with E-state index in [1.165, 1.54) is 49.8 Å². The number of nitrogens with two attached hydrogens (primary N) is 1.